The van der Waals surface area contributed by atoms with Gasteiger partial charge in [-0.3, -0.25) is 4.79 Å². The maximum atomic E-state index is 11.6. The number of unbranched alkanes of at least 4 members (excludes halogenated alkanes) is 1. The van der Waals surface area contributed by atoms with E-state index in [2.05, 4.69) is 0 Å². The number of rotatable bonds is 8. The SMILES string of the molecule is CC(CCCCC(=O)OC(C)(C)C)OC1OC(CO)[C@H](O)C(O)[C@@H]1O. The second kappa shape index (κ2) is 9.80. The van der Waals surface area contributed by atoms with Crippen LogP contribution in [0.3, 0.4) is 0 Å². The predicted octanol–water partition coefficient (Wildman–Crippen LogP) is 0.0935. The van der Waals surface area contributed by atoms with Crippen LogP contribution in [0.5, 0.6) is 0 Å². The van der Waals surface area contributed by atoms with Gasteiger partial charge in [-0.1, -0.05) is 6.42 Å². The number of hydrogen-bond acceptors (Lipinski definition) is 8. The monoisotopic (exact) mass is 364 g/mol. The quantitative estimate of drug-likeness (QED) is 0.353. The second-order valence-electron chi connectivity index (χ2n) is 7.48. The minimum atomic E-state index is -1.45. The van der Waals surface area contributed by atoms with Gasteiger partial charge < -0.3 is 34.6 Å². The lowest BCUT2D eigenvalue weighted by atomic mass is 9.99. The Morgan fingerprint density at radius 1 is 1.12 bits per heavy atom. The van der Waals surface area contributed by atoms with Gasteiger partial charge in [0.2, 0.25) is 0 Å². The summed E-state index contributed by atoms with van der Waals surface area (Å²) in [5, 5.41) is 38.5. The Morgan fingerprint density at radius 2 is 1.76 bits per heavy atom. The lowest BCUT2D eigenvalue weighted by Crippen LogP contribution is -2.59. The molecule has 0 spiro atoms. The molecule has 1 saturated heterocycles. The van der Waals surface area contributed by atoms with Crippen LogP contribution in [-0.2, 0) is 19.0 Å². The molecule has 4 unspecified atom stereocenters. The van der Waals surface area contributed by atoms with Crippen molar-refractivity contribution in [2.24, 2.45) is 0 Å². The highest BCUT2D eigenvalue weighted by Crippen LogP contribution is 2.24. The third-order valence-corrected chi connectivity index (χ3v) is 3.88. The van der Waals surface area contributed by atoms with E-state index in [9.17, 15) is 20.1 Å². The molecule has 1 heterocycles. The molecule has 8 heteroatoms. The number of hydrogen-bond donors (Lipinski definition) is 4. The Morgan fingerprint density at radius 3 is 2.32 bits per heavy atom. The van der Waals surface area contributed by atoms with E-state index in [4.69, 9.17) is 19.3 Å². The van der Waals surface area contributed by atoms with Crippen molar-refractivity contribution in [3.05, 3.63) is 0 Å². The zero-order valence-corrected chi connectivity index (χ0v) is 15.4. The van der Waals surface area contributed by atoms with Crippen LogP contribution in [0, 0.1) is 0 Å². The summed E-state index contributed by atoms with van der Waals surface area (Å²) in [6.45, 7) is 6.76. The minimum Gasteiger partial charge on any atom is -0.460 e. The van der Waals surface area contributed by atoms with Crippen LogP contribution in [0.15, 0.2) is 0 Å². The lowest BCUT2D eigenvalue weighted by Gasteiger charge is -2.40. The molecule has 0 saturated carbocycles. The van der Waals surface area contributed by atoms with E-state index in [1.54, 1.807) is 6.92 Å². The molecule has 0 bridgehead atoms. The number of carbonyl (C=O) groups excluding carboxylic acids is 1. The van der Waals surface area contributed by atoms with E-state index >= 15 is 0 Å². The first-order valence-electron chi connectivity index (χ1n) is 8.73. The summed E-state index contributed by atoms with van der Waals surface area (Å²) in [4.78, 5) is 11.6. The summed E-state index contributed by atoms with van der Waals surface area (Å²) in [6, 6.07) is 0. The fourth-order valence-electron chi connectivity index (χ4n) is 2.57. The molecule has 4 N–H and O–H groups in total. The number of aliphatic hydroxyl groups excluding tert-OH is 4. The molecular formula is C17H32O8. The van der Waals surface area contributed by atoms with Gasteiger partial charge in [0.15, 0.2) is 6.29 Å². The molecule has 0 amide bonds. The van der Waals surface area contributed by atoms with Crippen LogP contribution in [-0.4, -0.2) is 75.4 Å². The van der Waals surface area contributed by atoms with E-state index in [0.29, 0.717) is 19.3 Å². The van der Waals surface area contributed by atoms with Crippen molar-refractivity contribution in [1.29, 1.82) is 0 Å². The fourth-order valence-corrected chi connectivity index (χ4v) is 2.57. The standard InChI is InChI=1S/C17H32O8/c1-10(7-5-6-8-12(19)25-17(2,3)4)23-16-15(22)14(21)13(20)11(9-18)24-16/h10-11,13-16,18,20-22H,5-9H2,1-4H3/t10?,11?,13-,14?,15-,16?/m0/s1. The second-order valence-corrected chi connectivity index (χ2v) is 7.48. The van der Waals surface area contributed by atoms with Crippen molar-refractivity contribution in [2.75, 3.05) is 6.61 Å². The highest BCUT2D eigenvalue weighted by atomic mass is 16.7. The van der Waals surface area contributed by atoms with Crippen molar-refractivity contribution in [3.63, 3.8) is 0 Å². The Balaban J connectivity index is 2.32. The highest BCUT2D eigenvalue weighted by molar-refractivity contribution is 5.69. The van der Waals surface area contributed by atoms with Gasteiger partial charge in [-0.25, -0.2) is 0 Å². The van der Waals surface area contributed by atoms with Crippen LogP contribution in [0.1, 0.15) is 53.4 Å². The predicted molar refractivity (Wildman–Crippen MR) is 88.6 cm³/mol. The Labute approximate surface area is 148 Å². The first-order chi connectivity index (χ1) is 11.5. The molecule has 0 aromatic rings. The van der Waals surface area contributed by atoms with Crippen molar-refractivity contribution in [1.82, 2.24) is 0 Å². The van der Waals surface area contributed by atoms with Gasteiger partial charge in [0.1, 0.15) is 30.0 Å². The van der Waals surface area contributed by atoms with E-state index in [-0.39, 0.29) is 12.1 Å². The lowest BCUT2D eigenvalue weighted by molar-refractivity contribution is -0.310. The Kier molecular flexibility index (Phi) is 8.73. The molecule has 6 atom stereocenters. The van der Waals surface area contributed by atoms with Gasteiger partial charge in [0.05, 0.1) is 12.7 Å². The minimum absolute atomic E-state index is 0.241. The third-order valence-electron chi connectivity index (χ3n) is 3.88. The average Bonchev–Trinajstić information content (AvgIpc) is 2.50. The molecule has 1 aliphatic heterocycles. The molecule has 0 radical (unpaired) electrons. The number of esters is 1. The van der Waals surface area contributed by atoms with Crippen LogP contribution in [0.4, 0.5) is 0 Å². The number of carbonyl (C=O) groups is 1. The van der Waals surface area contributed by atoms with Crippen molar-refractivity contribution in [3.8, 4) is 0 Å². The maximum Gasteiger partial charge on any atom is 0.306 e. The van der Waals surface area contributed by atoms with E-state index < -0.39 is 42.9 Å². The zero-order chi connectivity index (χ0) is 19.2. The molecule has 0 aliphatic carbocycles. The van der Waals surface area contributed by atoms with E-state index in [1.165, 1.54) is 0 Å². The molecule has 8 nitrogen and oxygen atoms in total. The number of ether oxygens (including phenoxy) is 3. The summed E-state index contributed by atoms with van der Waals surface area (Å²) in [6.07, 6.45) is -4.34. The molecule has 1 rings (SSSR count). The van der Waals surface area contributed by atoms with Crippen molar-refractivity contribution >= 4 is 5.97 Å². The van der Waals surface area contributed by atoms with E-state index in [1.807, 2.05) is 20.8 Å². The fraction of sp³-hybridized carbons (Fsp3) is 0.941. The largest absolute Gasteiger partial charge is 0.460 e. The van der Waals surface area contributed by atoms with Crippen molar-refractivity contribution < 1.29 is 39.4 Å². The summed E-state index contributed by atoms with van der Waals surface area (Å²) in [7, 11) is 0. The van der Waals surface area contributed by atoms with Crippen LogP contribution in [0.25, 0.3) is 0 Å². The van der Waals surface area contributed by atoms with E-state index in [0.717, 1.165) is 6.42 Å². The van der Waals surface area contributed by atoms with Gasteiger partial charge in [0.25, 0.3) is 0 Å². The maximum absolute atomic E-state index is 11.6. The Hall–Kier alpha value is -0.770. The smallest absolute Gasteiger partial charge is 0.306 e. The molecule has 0 aromatic carbocycles. The van der Waals surface area contributed by atoms with Gasteiger partial charge in [-0.05, 0) is 40.5 Å². The van der Waals surface area contributed by atoms with Gasteiger partial charge in [-0.15, -0.1) is 0 Å². The molecular weight excluding hydrogens is 332 g/mol. The first-order valence-corrected chi connectivity index (χ1v) is 8.73. The summed E-state index contributed by atoms with van der Waals surface area (Å²) >= 11 is 0. The van der Waals surface area contributed by atoms with Gasteiger partial charge in [-0.2, -0.15) is 0 Å². The van der Waals surface area contributed by atoms with Gasteiger partial charge >= 0.3 is 5.97 Å². The summed E-state index contributed by atoms with van der Waals surface area (Å²) < 4.78 is 16.1. The van der Waals surface area contributed by atoms with Gasteiger partial charge in [0, 0.05) is 6.42 Å². The summed E-state index contributed by atoms with van der Waals surface area (Å²) in [5.74, 6) is -0.241. The number of aliphatic hydroxyl groups is 4. The highest BCUT2D eigenvalue weighted by Gasteiger charge is 2.44. The molecule has 148 valence electrons. The molecule has 1 aliphatic rings. The molecule has 1 fully saturated rings. The normalized spacial score (nSPS) is 31.6. The Bertz CT molecular complexity index is 406. The molecule has 0 aromatic heterocycles. The molecule has 25 heavy (non-hydrogen) atoms. The zero-order valence-electron chi connectivity index (χ0n) is 15.4. The first kappa shape index (κ1) is 22.3. The van der Waals surface area contributed by atoms with Crippen LogP contribution < -0.4 is 0 Å². The van der Waals surface area contributed by atoms with Crippen molar-refractivity contribution in [2.45, 2.75) is 95.8 Å². The summed E-state index contributed by atoms with van der Waals surface area (Å²) in [5.41, 5.74) is -0.489. The van der Waals surface area contributed by atoms with Crippen LogP contribution >= 0.6 is 0 Å². The average molecular weight is 364 g/mol. The van der Waals surface area contributed by atoms with Crippen LogP contribution in [0.2, 0.25) is 0 Å². The third kappa shape index (κ3) is 7.55. The topological polar surface area (TPSA) is 126 Å².